The number of halogens is 2. The van der Waals surface area contributed by atoms with Crippen molar-refractivity contribution in [2.45, 2.75) is 13.8 Å². The van der Waals surface area contributed by atoms with Gasteiger partial charge in [0.1, 0.15) is 5.56 Å². The number of benzene rings is 2. The lowest BCUT2D eigenvalue weighted by atomic mass is 10.1. The Balaban J connectivity index is 0.000000263. The Morgan fingerprint density at radius 1 is 0.731 bits per heavy atom. The number of nitrogens with two attached hydrogens (primary N) is 1. The minimum absolute atomic E-state index is 0.00407. The molecule has 0 bridgehead atoms. The van der Waals surface area contributed by atoms with E-state index in [1.54, 1.807) is 6.92 Å². The van der Waals surface area contributed by atoms with Gasteiger partial charge in [-0.25, -0.2) is 0 Å². The first-order valence-corrected chi connectivity index (χ1v) is 7.50. The third-order valence-electron chi connectivity index (χ3n) is 3.29. The van der Waals surface area contributed by atoms with Crippen molar-refractivity contribution in [2.24, 2.45) is 0 Å². The van der Waals surface area contributed by atoms with Gasteiger partial charge in [-0.15, -0.1) is 0 Å². The molecule has 10 nitrogen and oxygen atoms in total. The van der Waals surface area contributed by atoms with E-state index in [0.717, 1.165) is 12.1 Å². The molecule has 0 aromatic heterocycles. The summed E-state index contributed by atoms with van der Waals surface area (Å²) < 4.78 is 0. The minimum Gasteiger partial charge on any atom is -0.398 e. The quantitative estimate of drug-likeness (QED) is 0.446. The number of nitro groups is 3. The van der Waals surface area contributed by atoms with Crippen LogP contribution >= 0.6 is 23.2 Å². The lowest BCUT2D eigenvalue weighted by molar-refractivity contribution is -0.395. The average molecular weight is 403 g/mol. The summed E-state index contributed by atoms with van der Waals surface area (Å²) in [7, 11) is 0. The van der Waals surface area contributed by atoms with Crippen molar-refractivity contribution in [3.63, 3.8) is 0 Å². The van der Waals surface area contributed by atoms with Gasteiger partial charge >= 0.3 is 0 Å². The first-order valence-electron chi connectivity index (χ1n) is 6.74. The molecule has 0 aliphatic heterocycles. The van der Waals surface area contributed by atoms with Crippen LogP contribution in [0.4, 0.5) is 22.7 Å². The predicted octanol–water partition coefficient (Wildman–Crippen LogP) is 4.60. The van der Waals surface area contributed by atoms with Crippen molar-refractivity contribution in [3.05, 3.63) is 75.8 Å². The Morgan fingerprint density at radius 2 is 1.04 bits per heavy atom. The summed E-state index contributed by atoms with van der Waals surface area (Å²) >= 11 is 11.1. The van der Waals surface area contributed by atoms with Crippen molar-refractivity contribution in [3.8, 4) is 0 Å². The van der Waals surface area contributed by atoms with Crippen molar-refractivity contribution < 1.29 is 14.8 Å². The summed E-state index contributed by atoms with van der Waals surface area (Å²) in [5.74, 6) is 0. The van der Waals surface area contributed by atoms with E-state index in [-0.39, 0.29) is 32.7 Å². The molecule has 138 valence electrons. The van der Waals surface area contributed by atoms with Gasteiger partial charge in [0, 0.05) is 34.5 Å². The highest BCUT2D eigenvalue weighted by Gasteiger charge is 2.22. The van der Waals surface area contributed by atoms with Gasteiger partial charge < -0.3 is 5.73 Å². The Labute approximate surface area is 156 Å². The van der Waals surface area contributed by atoms with E-state index in [1.807, 2.05) is 0 Å². The lowest BCUT2D eigenvalue weighted by Crippen LogP contribution is -1.97. The van der Waals surface area contributed by atoms with Crippen molar-refractivity contribution in [1.82, 2.24) is 0 Å². The molecule has 26 heavy (non-hydrogen) atoms. The first-order chi connectivity index (χ1) is 12.0. The molecule has 0 saturated carbocycles. The van der Waals surface area contributed by atoms with E-state index in [4.69, 9.17) is 28.9 Å². The predicted molar refractivity (Wildman–Crippen MR) is 96.8 cm³/mol. The molecule has 2 aromatic rings. The normalized spacial score (nSPS) is 9.85. The molecule has 0 unspecified atom stereocenters. The molecule has 0 amide bonds. The molecular weight excluding hydrogens is 391 g/mol. The van der Waals surface area contributed by atoms with Crippen LogP contribution in [0.5, 0.6) is 0 Å². The van der Waals surface area contributed by atoms with Crippen LogP contribution in [0, 0.1) is 44.2 Å². The number of nitro benzene ring substituents is 3. The first kappa shape index (κ1) is 21.1. The molecule has 0 atom stereocenters. The van der Waals surface area contributed by atoms with E-state index >= 15 is 0 Å². The second kappa shape index (κ2) is 8.41. The second-order valence-corrected chi connectivity index (χ2v) is 5.85. The molecular formula is C14H12Cl2N4O6. The highest BCUT2D eigenvalue weighted by atomic mass is 35.5. The Hall–Kier alpha value is -2.98. The minimum atomic E-state index is -0.700. The monoisotopic (exact) mass is 402 g/mol. The largest absolute Gasteiger partial charge is 0.398 e. The zero-order valence-electron chi connectivity index (χ0n) is 13.4. The molecule has 0 spiro atoms. The van der Waals surface area contributed by atoms with Gasteiger partial charge in [-0.3, -0.25) is 30.3 Å². The molecule has 0 heterocycles. The summed E-state index contributed by atoms with van der Waals surface area (Å²) in [4.78, 5) is 29.5. The summed E-state index contributed by atoms with van der Waals surface area (Å²) in [6.07, 6.45) is 0. The third kappa shape index (κ3) is 5.01. The topological polar surface area (TPSA) is 155 Å². The van der Waals surface area contributed by atoms with Gasteiger partial charge in [0.25, 0.3) is 17.1 Å². The summed E-state index contributed by atoms with van der Waals surface area (Å²) in [5.41, 5.74) is 5.54. The fourth-order valence-electron chi connectivity index (χ4n) is 1.90. The Bertz CT molecular complexity index is 868. The number of rotatable bonds is 3. The fraction of sp³-hybridized carbons (Fsp3) is 0.143. The smallest absolute Gasteiger partial charge is 0.280 e. The van der Waals surface area contributed by atoms with Gasteiger partial charge in [-0.2, -0.15) is 0 Å². The maximum Gasteiger partial charge on any atom is 0.280 e. The number of hydrogen-bond acceptors (Lipinski definition) is 7. The summed E-state index contributed by atoms with van der Waals surface area (Å²) in [6, 6.07) is 4.95. The number of nitrogens with zero attached hydrogens (tertiary/aromatic N) is 3. The summed E-state index contributed by atoms with van der Waals surface area (Å²) in [5, 5.41) is 31.6. The second-order valence-electron chi connectivity index (χ2n) is 4.98. The zero-order valence-corrected chi connectivity index (χ0v) is 14.9. The molecule has 0 saturated heterocycles. The SMILES string of the molecule is Cc1c(N)cc(Cl)cc1[N+](=O)[O-].Cc1c([N+](=O)[O-])cc(Cl)cc1[N+](=O)[O-]. The number of hydrogen-bond donors (Lipinski definition) is 1. The molecule has 0 fully saturated rings. The van der Waals surface area contributed by atoms with Gasteiger partial charge in [-0.1, -0.05) is 23.2 Å². The molecule has 0 aliphatic rings. The Morgan fingerprint density at radius 3 is 1.38 bits per heavy atom. The van der Waals surface area contributed by atoms with Crippen LogP contribution in [0.25, 0.3) is 0 Å². The van der Waals surface area contributed by atoms with E-state index in [2.05, 4.69) is 0 Å². The van der Waals surface area contributed by atoms with Crippen LogP contribution in [0.2, 0.25) is 10.0 Å². The standard InChI is InChI=1S/C7H5ClN2O4.C7H7ClN2O2/c1-4-6(9(11)12)2-5(8)3-7(4)10(13)14;1-4-6(9)2-5(8)3-7(4)10(11)12/h2-3H,1H3;2-3H,9H2,1H3. The molecule has 0 radical (unpaired) electrons. The molecule has 2 N–H and O–H groups in total. The summed E-state index contributed by atoms with van der Waals surface area (Å²) in [6.45, 7) is 2.90. The molecule has 2 rings (SSSR count). The van der Waals surface area contributed by atoms with Crippen molar-refractivity contribution in [2.75, 3.05) is 5.73 Å². The van der Waals surface area contributed by atoms with Crippen LogP contribution < -0.4 is 5.73 Å². The van der Waals surface area contributed by atoms with Gasteiger partial charge in [0.15, 0.2) is 0 Å². The highest BCUT2D eigenvalue weighted by molar-refractivity contribution is 6.31. The van der Waals surface area contributed by atoms with Crippen LogP contribution in [0.1, 0.15) is 11.1 Å². The average Bonchev–Trinajstić information content (AvgIpc) is 2.52. The maximum atomic E-state index is 10.5. The van der Waals surface area contributed by atoms with Crippen LogP contribution in [-0.2, 0) is 0 Å². The fourth-order valence-corrected chi connectivity index (χ4v) is 2.33. The van der Waals surface area contributed by atoms with Crippen LogP contribution in [0.15, 0.2) is 24.3 Å². The number of anilines is 1. The number of nitrogen functional groups attached to an aromatic ring is 1. The van der Waals surface area contributed by atoms with E-state index < -0.39 is 14.8 Å². The van der Waals surface area contributed by atoms with E-state index in [0.29, 0.717) is 11.3 Å². The maximum absolute atomic E-state index is 10.5. The lowest BCUT2D eigenvalue weighted by Gasteiger charge is -2.01. The Kier molecular flexibility index (Phi) is 6.81. The van der Waals surface area contributed by atoms with Gasteiger partial charge in [0.2, 0.25) is 0 Å². The molecule has 12 heteroatoms. The van der Waals surface area contributed by atoms with E-state index in [1.165, 1.54) is 19.1 Å². The van der Waals surface area contributed by atoms with E-state index in [9.17, 15) is 30.3 Å². The van der Waals surface area contributed by atoms with Crippen molar-refractivity contribution in [1.29, 1.82) is 0 Å². The zero-order chi connectivity index (χ0) is 20.2. The molecule has 2 aromatic carbocycles. The van der Waals surface area contributed by atoms with Crippen LogP contribution in [-0.4, -0.2) is 14.8 Å². The van der Waals surface area contributed by atoms with Gasteiger partial charge in [0.05, 0.1) is 19.8 Å². The van der Waals surface area contributed by atoms with Crippen LogP contribution in [0.3, 0.4) is 0 Å². The van der Waals surface area contributed by atoms with Gasteiger partial charge in [-0.05, 0) is 19.9 Å². The highest BCUT2D eigenvalue weighted by Crippen LogP contribution is 2.31. The van der Waals surface area contributed by atoms with Crippen molar-refractivity contribution >= 4 is 46.0 Å². The third-order valence-corrected chi connectivity index (χ3v) is 3.73. The molecule has 0 aliphatic carbocycles.